The Labute approximate surface area is 107 Å². The summed E-state index contributed by atoms with van der Waals surface area (Å²) in [6.07, 6.45) is 4.20. The van der Waals surface area contributed by atoms with E-state index >= 15 is 0 Å². The van der Waals surface area contributed by atoms with Gasteiger partial charge in [-0.15, -0.1) is 0 Å². The number of piperidine rings is 1. The van der Waals surface area contributed by atoms with Crippen molar-refractivity contribution in [2.45, 2.75) is 45.2 Å². The van der Waals surface area contributed by atoms with E-state index in [-0.39, 0.29) is 0 Å². The Morgan fingerprint density at radius 2 is 2.39 bits per heavy atom. The lowest BCUT2D eigenvalue weighted by molar-refractivity contribution is 0.365. The van der Waals surface area contributed by atoms with Crippen molar-refractivity contribution in [2.75, 3.05) is 6.54 Å². The van der Waals surface area contributed by atoms with Crippen LogP contribution in [0.1, 0.15) is 38.4 Å². The number of nitrogens with one attached hydrogen (secondary N) is 1. The van der Waals surface area contributed by atoms with Gasteiger partial charge in [-0.3, -0.25) is 0 Å². The molecule has 2 unspecified atom stereocenters. The smallest absolute Gasteiger partial charge is 0.159 e. The molecule has 0 aliphatic carbocycles. The molecule has 18 heavy (non-hydrogen) atoms. The molecule has 2 aromatic rings. The first-order valence-corrected chi connectivity index (χ1v) is 6.84. The molecule has 4 heteroatoms. The number of nitrogens with zero attached hydrogens (tertiary/aromatic N) is 3. The standard InChI is InChI=1S/C14H20N4/c1-3-18-13(11-6-8-15-10(2)9-11)17-12-5-4-7-16-14(12)18/h4-5,7,10-11,15H,3,6,8-9H2,1-2H3. The largest absolute Gasteiger partial charge is 0.314 e. The van der Waals surface area contributed by atoms with Gasteiger partial charge in [-0.05, 0) is 45.4 Å². The molecule has 2 atom stereocenters. The number of fused-ring (bicyclic) bond motifs is 1. The first kappa shape index (κ1) is 11.7. The molecule has 1 fully saturated rings. The molecule has 4 nitrogen and oxygen atoms in total. The molecule has 96 valence electrons. The van der Waals surface area contributed by atoms with Crippen molar-refractivity contribution < 1.29 is 0 Å². The van der Waals surface area contributed by atoms with E-state index in [1.807, 2.05) is 12.3 Å². The summed E-state index contributed by atoms with van der Waals surface area (Å²) in [5.74, 6) is 1.79. The van der Waals surface area contributed by atoms with E-state index in [0.29, 0.717) is 12.0 Å². The molecule has 0 saturated carbocycles. The van der Waals surface area contributed by atoms with Crippen LogP contribution in [-0.4, -0.2) is 27.1 Å². The van der Waals surface area contributed by atoms with E-state index in [0.717, 1.165) is 24.3 Å². The molecule has 0 radical (unpaired) electrons. The molecule has 1 saturated heterocycles. The Morgan fingerprint density at radius 1 is 1.50 bits per heavy atom. The third kappa shape index (κ3) is 1.90. The molecular weight excluding hydrogens is 224 g/mol. The van der Waals surface area contributed by atoms with Gasteiger partial charge in [0.15, 0.2) is 5.65 Å². The van der Waals surface area contributed by atoms with Crippen LogP contribution >= 0.6 is 0 Å². The highest BCUT2D eigenvalue weighted by atomic mass is 15.1. The topological polar surface area (TPSA) is 42.7 Å². The average Bonchev–Trinajstić information content (AvgIpc) is 2.77. The van der Waals surface area contributed by atoms with Gasteiger partial charge in [-0.25, -0.2) is 9.97 Å². The van der Waals surface area contributed by atoms with E-state index in [4.69, 9.17) is 4.98 Å². The SMILES string of the molecule is CCn1c(C2CCNC(C)C2)nc2cccnc21. The number of hydrogen-bond acceptors (Lipinski definition) is 3. The highest BCUT2D eigenvalue weighted by molar-refractivity contribution is 5.71. The van der Waals surface area contributed by atoms with E-state index in [9.17, 15) is 0 Å². The summed E-state index contributed by atoms with van der Waals surface area (Å²) < 4.78 is 2.28. The number of imidazole rings is 1. The van der Waals surface area contributed by atoms with Crippen molar-refractivity contribution in [3.8, 4) is 0 Å². The lowest BCUT2D eigenvalue weighted by Crippen LogP contribution is -2.35. The van der Waals surface area contributed by atoms with Crippen molar-refractivity contribution in [1.29, 1.82) is 0 Å². The van der Waals surface area contributed by atoms with E-state index < -0.39 is 0 Å². The fourth-order valence-corrected chi connectivity index (χ4v) is 2.97. The van der Waals surface area contributed by atoms with Crippen LogP contribution in [0.25, 0.3) is 11.2 Å². The summed E-state index contributed by atoms with van der Waals surface area (Å²) >= 11 is 0. The van der Waals surface area contributed by atoms with Crippen LogP contribution in [0.2, 0.25) is 0 Å². The number of aryl methyl sites for hydroxylation is 1. The van der Waals surface area contributed by atoms with Gasteiger partial charge in [-0.2, -0.15) is 0 Å². The molecule has 3 rings (SSSR count). The van der Waals surface area contributed by atoms with E-state index in [1.165, 1.54) is 18.7 Å². The summed E-state index contributed by atoms with van der Waals surface area (Å²) in [5.41, 5.74) is 2.06. The van der Waals surface area contributed by atoms with Crippen molar-refractivity contribution in [3.63, 3.8) is 0 Å². The van der Waals surface area contributed by atoms with Crippen molar-refractivity contribution in [1.82, 2.24) is 19.9 Å². The predicted molar refractivity (Wildman–Crippen MR) is 72.6 cm³/mol. The van der Waals surface area contributed by atoms with Crippen LogP contribution < -0.4 is 5.32 Å². The first-order chi connectivity index (χ1) is 8.79. The third-order valence-electron chi connectivity index (χ3n) is 3.84. The zero-order valence-corrected chi connectivity index (χ0v) is 11.1. The van der Waals surface area contributed by atoms with Crippen LogP contribution in [0, 0.1) is 0 Å². The molecule has 0 spiro atoms. The molecule has 1 N–H and O–H groups in total. The molecule has 2 aromatic heterocycles. The number of rotatable bonds is 2. The van der Waals surface area contributed by atoms with Crippen LogP contribution in [-0.2, 0) is 6.54 Å². The second-order valence-electron chi connectivity index (χ2n) is 5.14. The van der Waals surface area contributed by atoms with Gasteiger partial charge in [0.2, 0.25) is 0 Å². The summed E-state index contributed by atoms with van der Waals surface area (Å²) in [6, 6.07) is 4.61. The Hall–Kier alpha value is -1.42. The maximum Gasteiger partial charge on any atom is 0.159 e. The van der Waals surface area contributed by atoms with E-state index in [1.54, 1.807) is 0 Å². The summed E-state index contributed by atoms with van der Waals surface area (Å²) in [5, 5.41) is 3.50. The fourth-order valence-electron chi connectivity index (χ4n) is 2.97. The number of pyridine rings is 1. The maximum absolute atomic E-state index is 4.81. The zero-order valence-electron chi connectivity index (χ0n) is 11.1. The van der Waals surface area contributed by atoms with Gasteiger partial charge >= 0.3 is 0 Å². The summed E-state index contributed by atoms with van der Waals surface area (Å²) in [6.45, 7) is 6.46. The van der Waals surface area contributed by atoms with Crippen molar-refractivity contribution in [3.05, 3.63) is 24.2 Å². The Bertz CT molecular complexity index is 546. The first-order valence-electron chi connectivity index (χ1n) is 6.84. The molecule has 0 amide bonds. The Kier molecular flexibility index (Phi) is 3.04. The highest BCUT2D eigenvalue weighted by Gasteiger charge is 2.25. The molecule has 1 aliphatic heterocycles. The zero-order chi connectivity index (χ0) is 12.5. The number of hydrogen-bond donors (Lipinski definition) is 1. The van der Waals surface area contributed by atoms with Gasteiger partial charge in [0.25, 0.3) is 0 Å². The predicted octanol–water partition coefficient (Wildman–Crippen LogP) is 2.31. The quantitative estimate of drug-likeness (QED) is 0.881. The minimum Gasteiger partial charge on any atom is -0.314 e. The molecule has 0 bridgehead atoms. The minimum atomic E-state index is 0.565. The lowest BCUT2D eigenvalue weighted by atomic mass is 9.92. The average molecular weight is 244 g/mol. The maximum atomic E-state index is 4.81. The summed E-state index contributed by atoms with van der Waals surface area (Å²) in [7, 11) is 0. The Balaban J connectivity index is 2.05. The van der Waals surface area contributed by atoms with Gasteiger partial charge < -0.3 is 9.88 Å². The van der Waals surface area contributed by atoms with Crippen molar-refractivity contribution in [2.24, 2.45) is 0 Å². The van der Waals surface area contributed by atoms with Crippen molar-refractivity contribution >= 4 is 11.2 Å². The molecular formula is C14H20N4. The van der Waals surface area contributed by atoms with Gasteiger partial charge in [0.05, 0.1) is 0 Å². The molecule has 3 heterocycles. The monoisotopic (exact) mass is 244 g/mol. The van der Waals surface area contributed by atoms with E-state index in [2.05, 4.69) is 34.8 Å². The second kappa shape index (κ2) is 4.69. The summed E-state index contributed by atoms with van der Waals surface area (Å²) in [4.78, 5) is 9.29. The molecule has 0 aromatic carbocycles. The molecule has 1 aliphatic rings. The van der Waals surface area contributed by atoms with Gasteiger partial charge in [0, 0.05) is 24.7 Å². The second-order valence-corrected chi connectivity index (χ2v) is 5.14. The van der Waals surface area contributed by atoms with Crippen LogP contribution in [0.4, 0.5) is 0 Å². The van der Waals surface area contributed by atoms with Gasteiger partial charge in [0.1, 0.15) is 11.3 Å². The number of aromatic nitrogens is 3. The Morgan fingerprint density at radius 3 is 3.17 bits per heavy atom. The minimum absolute atomic E-state index is 0.565. The lowest BCUT2D eigenvalue weighted by Gasteiger charge is -2.27. The van der Waals surface area contributed by atoms with Crippen LogP contribution in [0.3, 0.4) is 0 Å². The van der Waals surface area contributed by atoms with Gasteiger partial charge in [-0.1, -0.05) is 0 Å². The normalized spacial score (nSPS) is 24.6. The highest BCUT2D eigenvalue weighted by Crippen LogP contribution is 2.29. The van der Waals surface area contributed by atoms with Crippen LogP contribution in [0.15, 0.2) is 18.3 Å². The van der Waals surface area contributed by atoms with Crippen LogP contribution in [0.5, 0.6) is 0 Å². The third-order valence-corrected chi connectivity index (χ3v) is 3.84. The fraction of sp³-hybridized carbons (Fsp3) is 0.571.